The molecule has 0 aromatic heterocycles. The second-order valence-electron chi connectivity index (χ2n) is 4.45. The maximum Gasteiger partial charge on any atom is 0.338 e. The Morgan fingerprint density at radius 1 is 1.09 bits per heavy atom. The van der Waals surface area contributed by atoms with E-state index in [1.165, 1.54) is 6.08 Å². The summed E-state index contributed by atoms with van der Waals surface area (Å²) in [7, 11) is 0. The van der Waals surface area contributed by atoms with Crippen molar-refractivity contribution < 1.29 is 14.3 Å². The summed E-state index contributed by atoms with van der Waals surface area (Å²) >= 11 is 11.8. The molecule has 5 heteroatoms. The summed E-state index contributed by atoms with van der Waals surface area (Å²) in [4.78, 5) is 11.6. The Kier molecular flexibility index (Phi) is 5.87. The van der Waals surface area contributed by atoms with Crippen LogP contribution < -0.4 is 4.74 Å². The van der Waals surface area contributed by atoms with E-state index in [4.69, 9.17) is 32.7 Å². The van der Waals surface area contributed by atoms with Crippen molar-refractivity contribution in [3.63, 3.8) is 0 Å². The van der Waals surface area contributed by atoms with Crippen LogP contribution in [-0.2, 0) is 11.3 Å². The summed E-state index contributed by atoms with van der Waals surface area (Å²) in [6.07, 6.45) is 1.52. The lowest BCUT2D eigenvalue weighted by Crippen LogP contribution is -2.04. The molecular weight excluding hydrogens is 323 g/mol. The molecule has 22 heavy (non-hydrogen) atoms. The first-order chi connectivity index (χ1) is 10.6. The maximum atomic E-state index is 11.6. The monoisotopic (exact) mass is 336 g/mol. The number of hydrogen-bond acceptors (Lipinski definition) is 3. The van der Waals surface area contributed by atoms with Crippen LogP contribution in [0.15, 0.2) is 55.1 Å². The topological polar surface area (TPSA) is 35.5 Å². The Bertz CT molecular complexity index is 666. The highest BCUT2D eigenvalue weighted by Crippen LogP contribution is 2.23. The van der Waals surface area contributed by atoms with Crippen LogP contribution in [-0.4, -0.2) is 12.6 Å². The van der Waals surface area contributed by atoms with Gasteiger partial charge in [0.2, 0.25) is 0 Å². The molecule has 114 valence electrons. The first-order valence-corrected chi connectivity index (χ1v) is 7.30. The second-order valence-corrected chi connectivity index (χ2v) is 5.26. The van der Waals surface area contributed by atoms with Crippen LogP contribution in [0.2, 0.25) is 10.0 Å². The van der Waals surface area contributed by atoms with Crippen molar-refractivity contribution in [3.8, 4) is 5.75 Å². The number of halogens is 2. The second kappa shape index (κ2) is 7.87. The fourth-order valence-corrected chi connectivity index (χ4v) is 2.02. The molecule has 0 radical (unpaired) electrons. The minimum Gasteiger partial charge on any atom is -0.489 e. The molecule has 0 saturated heterocycles. The van der Waals surface area contributed by atoms with Gasteiger partial charge < -0.3 is 9.47 Å². The van der Waals surface area contributed by atoms with Gasteiger partial charge in [0.05, 0.1) is 15.6 Å². The molecule has 0 atom stereocenters. The molecule has 0 saturated carbocycles. The molecule has 0 fully saturated rings. The van der Waals surface area contributed by atoms with Gasteiger partial charge in [0.25, 0.3) is 0 Å². The third-order valence-corrected chi connectivity index (χ3v) is 3.55. The number of esters is 1. The SMILES string of the molecule is C=CCOC(=O)c1ccc(OCc2ccc(Cl)c(Cl)c2)cc1. The van der Waals surface area contributed by atoms with E-state index in [2.05, 4.69) is 6.58 Å². The number of ether oxygens (including phenoxy) is 2. The third-order valence-electron chi connectivity index (χ3n) is 2.81. The quantitative estimate of drug-likeness (QED) is 0.555. The Morgan fingerprint density at radius 2 is 1.82 bits per heavy atom. The molecular formula is C17H14Cl2O3. The summed E-state index contributed by atoms with van der Waals surface area (Å²) < 4.78 is 10.6. The Morgan fingerprint density at radius 3 is 2.45 bits per heavy atom. The van der Waals surface area contributed by atoms with Gasteiger partial charge in [0.15, 0.2) is 0 Å². The van der Waals surface area contributed by atoms with Crippen molar-refractivity contribution in [2.75, 3.05) is 6.61 Å². The van der Waals surface area contributed by atoms with Gasteiger partial charge in [-0.2, -0.15) is 0 Å². The predicted octanol–water partition coefficient (Wildman–Crippen LogP) is 4.92. The molecule has 0 amide bonds. The largest absolute Gasteiger partial charge is 0.489 e. The summed E-state index contributed by atoms with van der Waals surface area (Å²) in [6.45, 7) is 4.04. The molecule has 2 aromatic carbocycles. The summed E-state index contributed by atoms with van der Waals surface area (Å²) in [5.74, 6) is 0.252. The van der Waals surface area contributed by atoms with E-state index in [-0.39, 0.29) is 6.61 Å². The van der Waals surface area contributed by atoms with Gasteiger partial charge in [-0.15, -0.1) is 0 Å². The lowest BCUT2D eigenvalue weighted by Gasteiger charge is -2.08. The zero-order chi connectivity index (χ0) is 15.9. The van der Waals surface area contributed by atoms with Crippen LogP contribution in [0, 0.1) is 0 Å². The van der Waals surface area contributed by atoms with Gasteiger partial charge in [0.1, 0.15) is 19.0 Å². The highest BCUT2D eigenvalue weighted by molar-refractivity contribution is 6.42. The minimum atomic E-state index is -0.393. The fourth-order valence-electron chi connectivity index (χ4n) is 1.70. The molecule has 0 N–H and O–H groups in total. The molecule has 0 heterocycles. The van der Waals surface area contributed by atoms with Crippen LogP contribution in [0.3, 0.4) is 0 Å². The van der Waals surface area contributed by atoms with Gasteiger partial charge in [-0.25, -0.2) is 4.79 Å². The zero-order valence-electron chi connectivity index (χ0n) is 11.7. The molecule has 0 aliphatic heterocycles. The van der Waals surface area contributed by atoms with Crippen LogP contribution in [0.25, 0.3) is 0 Å². The van der Waals surface area contributed by atoms with E-state index in [9.17, 15) is 4.79 Å². The van der Waals surface area contributed by atoms with Gasteiger partial charge in [-0.1, -0.05) is 41.9 Å². The lowest BCUT2D eigenvalue weighted by atomic mass is 10.2. The minimum absolute atomic E-state index is 0.189. The van der Waals surface area contributed by atoms with Crippen molar-refractivity contribution in [1.29, 1.82) is 0 Å². The number of benzene rings is 2. The smallest absolute Gasteiger partial charge is 0.338 e. The van der Waals surface area contributed by atoms with Crippen molar-refractivity contribution in [1.82, 2.24) is 0 Å². The van der Waals surface area contributed by atoms with Gasteiger partial charge in [-0.3, -0.25) is 0 Å². The van der Waals surface area contributed by atoms with Crippen molar-refractivity contribution >= 4 is 29.2 Å². The van der Waals surface area contributed by atoms with Crippen LogP contribution in [0.5, 0.6) is 5.75 Å². The van der Waals surface area contributed by atoms with E-state index >= 15 is 0 Å². The van der Waals surface area contributed by atoms with E-state index in [1.807, 2.05) is 6.07 Å². The van der Waals surface area contributed by atoms with E-state index < -0.39 is 5.97 Å². The predicted molar refractivity (Wildman–Crippen MR) is 87.7 cm³/mol. The molecule has 0 spiro atoms. The van der Waals surface area contributed by atoms with Crippen molar-refractivity contribution in [3.05, 3.63) is 76.3 Å². The molecule has 3 nitrogen and oxygen atoms in total. The summed E-state index contributed by atoms with van der Waals surface area (Å²) in [5.41, 5.74) is 1.37. The van der Waals surface area contributed by atoms with Gasteiger partial charge in [0, 0.05) is 0 Å². The normalized spacial score (nSPS) is 10.1. The Hall–Kier alpha value is -1.97. The van der Waals surface area contributed by atoms with E-state index in [0.29, 0.717) is 28.0 Å². The lowest BCUT2D eigenvalue weighted by molar-refractivity contribution is 0.0549. The summed E-state index contributed by atoms with van der Waals surface area (Å²) in [5, 5.41) is 0.996. The molecule has 2 rings (SSSR count). The number of rotatable bonds is 6. The first kappa shape index (κ1) is 16.4. The summed E-state index contributed by atoms with van der Waals surface area (Å²) in [6, 6.07) is 12.0. The van der Waals surface area contributed by atoms with Crippen LogP contribution in [0.1, 0.15) is 15.9 Å². The molecule has 0 unspecified atom stereocenters. The average Bonchev–Trinajstić information content (AvgIpc) is 2.54. The number of carbonyl (C=O) groups is 1. The zero-order valence-corrected chi connectivity index (χ0v) is 13.2. The molecule has 0 bridgehead atoms. The van der Waals surface area contributed by atoms with E-state index in [1.54, 1.807) is 36.4 Å². The first-order valence-electron chi connectivity index (χ1n) is 6.55. The Balaban J connectivity index is 1.94. The average molecular weight is 337 g/mol. The highest BCUT2D eigenvalue weighted by atomic mass is 35.5. The molecule has 0 aliphatic carbocycles. The van der Waals surface area contributed by atoms with Crippen LogP contribution in [0.4, 0.5) is 0 Å². The van der Waals surface area contributed by atoms with Crippen molar-refractivity contribution in [2.24, 2.45) is 0 Å². The third kappa shape index (κ3) is 4.52. The highest BCUT2D eigenvalue weighted by Gasteiger charge is 2.06. The van der Waals surface area contributed by atoms with Crippen molar-refractivity contribution in [2.45, 2.75) is 6.61 Å². The van der Waals surface area contributed by atoms with E-state index in [0.717, 1.165) is 5.56 Å². The van der Waals surface area contributed by atoms with Crippen LogP contribution >= 0.6 is 23.2 Å². The molecule has 0 aliphatic rings. The standard InChI is InChI=1S/C17H14Cl2O3/c1-2-9-21-17(20)13-4-6-14(7-5-13)22-11-12-3-8-15(18)16(19)10-12/h2-8,10H,1,9,11H2. The number of carbonyl (C=O) groups excluding carboxylic acids is 1. The maximum absolute atomic E-state index is 11.6. The molecule has 2 aromatic rings. The number of hydrogen-bond donors (Lipinski definition) is 0. The van der Waals surface area contributed by atoms with Gasteiger partial charge in [-0.05, 0) is 42.0 Å². The van der Waals surface area contributed by atoms with Gasteiger partial charge >= 0.3 is 5.97 Å². The fraction of sp³-hybridized carbons (Fsp3) is 0.118. The Labute approximate surface area is 139 Å².